The molecule has 2 atom stereocenters. The minimum absolute atomic E-state index is 0.242. The van der Waals surface area contributed by atoms with Crippen molar-refractivity contribution in [1.82, 2.24) is 30.3 Å². The van der Waals surface area contributed by atoms with Crippen LogP contribution >= 0.6 is 11.3 Å². The zero-order chi connectivity index (χ0) is 22.8. The molecule has 4 heterocycles. The van der Waals surface area contributed by atoms with Gasteiger partial charge in [-0.15, -0.1) is 11.3 Å². The van der Waals surface area contributed by atoms with E-state index in [-0.39, 0.29) is 12.2 Å². The van der Waals surface area contributed by atoms with Crippen LogP contribution in [-0.4, -0.2) is 63.3 Å². The molecular weight excluding hydrogens is 438 g/mol. The molecule has 3 N–H and O–H groups in total. The molecule has 9 nitrogen and oxygen atoms in total. The van der Waals surface area contributed by atoms with Gasteiger partial charge in [0.2, 0.25) is 0 Å². The fraction of sp³-hybridized carbons (Fsp3) is 0.304. The largest absolute Gasteiger partial charge is 0.375 e. The molecular formula is C23H25N7O2S. The zero-order valence-electron chi connectivity index (χ0n) is 18.2. The van der Waals surface area contributed by atoms with E-state index in [0.717, 1.165) is 35.1 Å². The van der Waals surface area contributed by atoms with Gasteiger partial charge in [-0.3, -0.25) is 19.8 Å². The first-order chi connectivity index (χ1) is 16.0. The fourth-order valence-electron chi connectivity index (χ4n) is 4.01. The van der Waals surface area contributed by atoms with Crippen molar-refractivity contribution in [3.8, 4) is 10.6 Å². The van der Waals surface area contributed by atoms with Gasteiger partial charge in [0.15, 0.2) is 11.9 Å². The number of carbonyl (C=O) groups excluding carboxylic acids is 1. The van der Waals surface area contributed by atoms with Crippen molar-refractivity contribution in [3.05, 3.63) is 65.4 Å². The van der Waals surface area contributed by atoms with E-state index in [4.69, 9.17) is 4.98 Å². The first kappa shape index (κ1) is 21.5. The van der Waals surface area contributed by atoms with Crippen LogP contribution < -0.4 is 10.6 Å². The van der Waals surface area contributed by atoms with Gasteiger partial charge in [-0.05, 0) is 23.8 Å². The van der Waals surface area contributed by atoms with Crippen LogP contribution in [0.2, 0.25) is 0 Å². The summed E-state index contributed by atoms with van der Waals surface area (Å²) >= 11 is 1.52. The lowest BCUT2D eigenvalue weighted by Gasteiger charge is -2.21. The van der Waals surface area contributed by atoms with E-state index >= 15 is 0 Å². The van der Waals surface area contributed by atoms with E-state index in [1.807, 2.05) is 46.6 Å². The van der Waals surface area contributed by atoms with Crippen molar-refractivity contribution in [2.45, 2.75) is 24.9 Å². The number of hydrogen-bond donors (Lipinski definition) is 3. The summed E-state index contributed by atoms with van der Waals surface area (Å²) in [7, 11) is 1.71. The average Bonchev–Trinajstić information content (AvgIpc) is 3.59. The zero-order valence-corrected chi connectivity index (χ0v) is 19.0. The van der Waals surface area contributed by atoms with E-state index in [1.54, 1.807) is 30.4 Å². The topological polar surface area (TPSA) is 108 Å². The first-order valence-electron chi connectivity index (χ1n) is 10.8. The Morgan fingerprint density at radius 3 is 3.06 bits per heavy atom. The molecule has 2 aliphatic rings. The molecule has 2 aromatic heterocycles. The summed E-state index contributed by atoms with van der Waals surface area (Å²) in [5, 5.41) is 24.7. The third-order valence-electron chi connectivity index (χ3n) is 5.88. The van der Waals surface area contributed by atoms with Gasteiger partial charge in [0.25, 0.3) is 5.91 Å². The minimum atomic E-state index is -1.47. The number of aliphatic imine (C=N–C) groups is 1. The van der Waals surface area contributed by atoms with Crippen LogP contribution in [0.1, 0.15) is 17.7 Å². The van der Waals surface area contributed by atoms with Gasteiger partial charge < -0.3 is 15.3 Å². The first-order valence-corrected chi connectivity index (χ1v) is 11.7. The SMILES string of the molecule is CN1CC[C@@](O)(c2cccc(-c3nc(C4=CC=NC(NCCn5cccn5)N4)cs3)c2)C1=O. The number of amides is 1. The summed E-state index contributed by atoms with van der Waals surface area (Å²) in [6.07, 6.45) is 7.51. The highest BCUT2D eigenvalue weighted by atomic mass is 32.1. The molecule has 0 aliphatic carbocycles. The molecule has 0 saturated carbocycles. The Bertz CT molecular complexity index is 1200. The highest BCUT2D eigenvalue weighted by Crippen LogP contribution is 2.35. The standard InChI is InChI=1S/C23H25N7O2S/c1-29-12-7-23(32,21(29)31)17-5-2-4-16(14-17)20-27-19(15-33-20)18-6-9-24-22(28-18)25-10-13-30-11-3-8-26-30/h2-6,8-9,11,14-15,22,25,28,32H,7,10,12-13H2,1H3/t22?,23-/m1/s1. The number of carbonyl (C=O) groups is 1. The van der Waals surface area contributed by atoms with Crippen LogP contribution in [-0.2, 0) is 16.9 Å². The lowest BCUT2D eigenvalue weighted by atomic mass is 9.91. The van der Waals surface area contributed by atoms with Gasteiger partial charge in [-0.2, -0.15) is 5.10 Å². The van der Waals surface area contributed by atoms with Gasteiger partial charge in [-0.25, -0.2) is 4.98 Å². The monoisotopic (exact) mass is 463 g/mol. The highest BCUT2D eigenvalue weighted by Gasteiger charge is 2.45. The molecule has 1 unspecified atom stereocenters. The number of aliphatic hydroxyl groups is 1. The van der Waals surface area contributed by atoms with Crippen LogP contribution in [0, 0.1) is 0 Å². The molecule has 2 aliphatic heterocycles. The Labute approximate surface area is 195 Å². The summed E-state index contributed by atoms with van der Waals surface area (Å²) in [4.78, 5) is 23.3. The molecule has 1 saturated heterocycles. The Hall–Kier alpha value is -3.34. The maximum absolute atomic E-state index is 12.5. The van der Waals surface area contributed by atoms with Gasteiger partial charge in [0.05, 0.1) is 17.9 Å². The predicted molar refractivity (Wildman–Crippen MR) is 127 cm³/mol. The van der Waals surface area contributed by atoms with Crippen LogP contribution in [0.5, 0.6) is 0 Å². The summed E-state index contributed by atoms with van der Waals surface area (Å²) in [5.74, 6) is -0.263. The Kier molecular flexibility index (Phi) is 5.79. The number of likely N-dealkylation sites (N-methyl/N-ethyl adjacent to an activating group) is 1. The third kappa shape index (κ3) is 4.32. The second-order valence-electron chi connectivity index (χ2n) is 8.10. The third-order valence-corrected chi connectivity index (χ3v) is 6.77. The number of nitrogens with one attached hydrogen (secondary N) is 2. The molecule has 0 spiro atoms. The minimum Gasteiger partial charge on any atom is -0.375 e. The molecule has 33 heavy (non-hydrogen) atoms. The lowest BCUT2D eigenvalue weighted by Crippen LogP contribution is -2.42. The molecule has 1 aromatic carbocycles. The van der Waals surface area contributed by atoms with Crippen LogP contribution in [0.3, 0.4) is 0 Å². The average molecular weight is 464 g/mol. The maximum Gasteiger partial charge on any atom is 0.258 e. The molecule has 10 heteroatoms. The second-order valence-corrected chi connectivity index (χ2v) is 8.96. The number of allylic oxidation sites excluding steroid dienone is 1. The molecule has 3 aromatic rings. The number of benzene rings is 1. The van der Waals surface area contributed by atoms with Crippen molar-refractivity contribution in [1.29, 1.82) is 0 Å². The molecule has 0 bridgehead atoms. The van der Waals surface area contributed by atoms with E-state index in [1.165, 1.54) is 11.3 Å². The van der Waals surface area contributed by atoms with E-state index in [9.17, 15) is 9.90 Å². The van der Waals surface area contributed by atoms with E-state index in [0.29, 0.717) is 18.5 Å². The van der Waals surface area contributed by atoms with Gasteiger partial charge in [0.1, 0.15) is 5.01 Å². The van der Waals surface area contributed by atoms with Gasteiger partial charge in [0, 0.05) is 56.1 Å². The normalized spacial score (nSPS) is 22.5. The number of hydrogen-bond acceptors (Lipinski definition) is 8. The summed E-state index contributed by atoms with van der Waals surface area (Å²) in [5.41, 5.74) is 1.71. The van der Waals surface area contributed by atoms with Crippen LogP contribution in [0.4, 0.5) is 0 Å². The molecule has 1 fully saturated rings. The summed E-state index contributed by atoms with van der Waals surface area (Å²) < 4.78 is 1.87. The predicted octanol–water partition coefficient (Wildman–Crippen LogP) is 1.64. The lowest BCUT2D eigenvalue weighted by molar-refractivity contribution is -0.143. The number of likely N-dealkylation sites (tertiary alicyclic amines) is 1. The quantitative estimate of drug-likeness (QED) is 0.492. The molecule has 5 rings (SSSR count). The molecule has 1 amide bonds. The van der Waals surface area contributed by atoms with Crippen LogP contribution in [0.25, 0.3) is 16.3 Å². The Balaban J connectivity index is 1.27. The van der Waals surface area contributed by atoms with E-state index in [2.05, 4.69) is 20.7 Å². The van der Waals surface area contributed by atoms with Crippen molar-refractivity contribution < 1.29 is 9.90 Å². The molecule has 0 radical (unpaired) electrons. The number of aromatic nitrogens is 3. The van der Waals surface area contributed by atoms with Crippen LogP contribution in [0.15, 0.2) is 59.2 Å². The summed E-state index contributed by atoms with van der Waals surface area (Å²) in [6, 6.07) is 9.37. The van der Waals surface area contributed by atoms with Crippen molar-refractivity contribution >= 4 is 29.2 Å². The maximum atomic E-state index is 12.5. The highest BCUT2D eigenvalue weighted by molar-refractivity contribution is 7.13. The van der Waals surface area contributed by atoms with E-state index < -0.39 is 5.60 Å². The number of nitrogens with zero attached hydrogens (tertiary/aromatic N) is 5. The van der Waals surface area contributed by atoms with Crippen molar-refractivity contribution in [2.75, 3.05) is 20.1 Å². The molecule has 170 valence electrons. The second kappa shape index (κ2) is 8.89. The smallest absolute Gasteiger partial charge is 0.258 e. The fourth-order valence-corrected chi connectivity index (χ4v) is 4.83. The van der Waals surface area contributed by atoms with Gasteiger partial charge >= 0.3 is 0 Å². The van der Waals surface area contributed by atoms with Crippen molar-refractivity contribution in [3.63, 3.8) is 0 Å². The summed E-state index contributed by atoms with van der Waals surface area (Å²) in [6.45, 7) is 2.01. The Morgan fingerprint density at radius 2 is 2.27 bits per heavy atom. The number of rotatable bonds is 7. The number of thiazole rings is 1. The Morgan fingerprint density at radius 1 is 1.36 bits per heavy atom. The van der Waals surface area contributed by atoms with Crippen molar-refractivity contribution in [2.24, 2.45) is 4.99 Å². The van der Waals surface area contributed by atoms with Gasteiger partial charge in [-0.1, -0.05) is 18.2 Å².